The van der Waals surface area contributed by atoms with Gasteiger partial charge in [-0.15, -0.1) is 0 Å². The predicted molar refractivity (Wildman–Crippen MR) is 212 cm³/mol. The summed E-state index contributed by atoms with van der Waals surface area (Å²) in [6.45, 7) is 6.35. The Hall–Kier alpha value is -6.45. The van der Waals surface area contributed by atoms with Crippen LogP contribution in [-0.4, -0.2) is 15.0 Å². The molecule has 8 aromatic rings. The molecule has 0 bridgehead atoms. The van der Waals surface area contributed by atoms with Crippen LogP contribution in [-0.2, 0) is 5.41 Å². The smallest absolute Gasteiger partial charge is 0.160 e. The molecule has 2 heterocycles. The van der Waals surface area contributed by atoms with Crippen molar-refractivity contribution in [3.8, 4) is 67.2 Å². The first-order valence-corrected chi connectivity index (χ1v) is 17.9. The average Bonchev–Trinajstić information content (AvgIpc) is 3.65. The molecule has 3 heteroatoms. The van der Waals surface area contributed by atoms with E-state index >= 15 is 0 Å². The summed E-state index contributed by atoms with van der Waals surface area (Å²) in [6, 6.07) is 53.2. The Labute approximate surface area is 304 Å². The largest absolute Gasteiger partial charge is 0.264 e. The highest BCUT2D eigenvalue weighted by molar-refractivity contribution is 6.01. The highest BCUT2D eigenvalue weighted by Gasteiger charge is 2.52. The molecule has 0 radical (unpaired) electrons. The molecule has 6 aromatic carbocycles. The number of pyridine rings is 1. The summed E-state index contributed by atoms with van der Waals surface area (Å²) in [5.74, 6) is 0.736. The van der Waals surface area contributed by atoms with Crippen LogP contribution in [0.3, 0.4) is 0 Å². The lowest BCUT2D eigenvalue weighted by Gasteiger charge is -2.30. The number of rotatable bonds is 4. The van der Waals surface area contributed by atoms with Gasteiger partial charge in [-0.25, -0.2) is 9.97 Å². The van der Waals surface area contributed by atoms with Crippen molar-refractivity contribution in [2.24, 2.45) is 0 Å². The second-order valence-corrected chi connectivity index (χ2v) is 14.1. The van der Waals surface area contributed by atoms with Crippen LogP contribution < -0.4 is 0 Å². The van der Waals surface area contributed by atoms with Crippen molar-refractivity contribution < 1.29 is 0 Å². The van der Waals surface area contributed by atoms with Crippen molar-refractivity contribution in [2.75, 3.05) is 0 Å². The Balaban J connectivity index is 1.26. The second-order valence-electron chi connectivity index (χ2n) is 14.1. The molecule has 2 aromatic heterocycles. The van der Waals surface area contributed by atoms with Crippen LogP contribution in [0.5, 0.6) is 0 Å². The maximum atomic E-state index is 5.14. The molecule has 1 spiro atoms. The molecule has 0 atom stereocenters. The quantitative estimate of drug-likeness (QED) is 0.188. The van der Waals surface area contributed by atoms with Crippen LogP contribution in [0.1, 0.15) is 39.1 Å². The summed E-state index contributed by atoms with van der Waals surface area (Å²) < 4.78 is 0. The van der Waals surface area contributed by atoms with Gasteiger partial charge >= 0.3 is 0 Å². The topological polar surface area (TPSA) is 38.7 Å². The number of fused-ring (bicyclic) bond motifs is 10. The van der Waals surface area contributed by atoms with Crippen molar-refractivity contribution in [3.63, 3.8) is 0 Å². The Kier molecular flexibility index (Phi) is 6.74. The zero-order chi connectivity index (χ0) is 35.0. The third kappa shape index (κ3) is 4.36. The first-order valence-electron chi connectivity index (χ1n) is 17.9. The molecule has 246 valence electrons. The van der Waals surface area contributed by atoms with Crippen molar-refractivity contribution in [3.05, 3.63) is 197 Å². The van der Waals surface area contributed by atoms with E-state index in [0.717, 1.165) is 28.3 Å². The molecule has 0 N–H and O–H groups in total. The molecular formula is C49H35N3. The minimum Gasteiger partial charge on any atom is -0.264 e. The predicted octanol–water partition coefficient (Wildman–Crippen LogP) is 11.8. The van der Waals surface area contributed by atoms with E-state index in [0.29, 0.717) is 0 Å². The standard InChI is InChI=1S/C49H35N3/c1-30-28-50-29-31(2)46(30)35-16-11-15-34(26-35)37-19-12-22-44-47(37)40-27-36(48-51-32(3)25-45(52-48)33-13-5-4-6-14-33)23-24-43(40)49(44)41-20-9-7-17-38(41)39-18-8-10-21-42(39)49/h4-29H,1-3H3. The van der Waals surface area contributed by atoms with Crippen LogP contribution in [0, 0.1) is 20.8 Å². The minimum absolute atomic E-state index is 0.453. The van der Waals surface area contributed by atoms with Crippen LogP contribution in [0.15, 0.2) is 158 Å². The van der Waals surface area contributed by atoms with E-state index < -0.39 is 5.41 Å². The minimum atomic E-state index is -0.453. The number of aryl methyl sites for hydroxylation is 3. The SMILES string of the molecule is Cc1cc(-c2ccccc2)nc(-c2ccc3c(c2)-c2c(-c4cccc(-c5c(C)cncc5C)c4)cccc2C32c3ccccc3-c3ccccc32)n1. The summed E-state index contributed by atoms with van der Waals surface area (Å²) in [5, 5.41) is 0. The molecule has 0 unspecified atom stereocenters. The second kappa shape index (κ2) is 11.5. The van der Waals surface area contributed by atoms with E-state index in [1.807, 2.05) is 18.5 Å². The van der Waals surface area contributed by atoms with Gasteiger partial charge in [0.2, 0.25) is 0 Å². The fourth-order valence-electron chi connectivity index (χ4n) is 9.03. The lowest BCUT2D eigenvalue weighted by Crippen LogP contribution is -2.25. The lowest BCUT2D eigenvalue weighted by atomic mass is 9.70. The van der Waals surface area contributed by atoms with Gasteiger partial charge in [0.05, 0.1) is 11.1 Å². The van der Waals surface area contributed by atoms with E-state index in [9.17, 15) is 0 Å². The first-order chi connectivity index (χ1) is 25.5. The molecule has 0 fully saturated rings. The fourth-order valence-corrected chi connectivity index (χ4v) is 9.03. The third-order valence-electron chi connectivity index (χ3n) is 11.1. The maximum Gasteiger partial charge on any atom is 0.160 e. The normalized spacial score (nSPS) is 13.1. The van der Waals surface area contributed by atoms with Gasteiger partial charge in [-0.2, -0.15) is 0 Å². The number of hydrogen-bond donors (Lipinski definition) is 0. The van der Waals surface area contributed by atoms with Gasteiger partial charge in [-0.3, -0.25) is 4.98 Å². The summed E-state index contributed by atoms with van der Waals surface area (Å²) in [7, 11) is 0. The van der Waals surface area contributed by atoms with Crippen molar-refractivity contribution in [2.45, 2.75) is 26.2 Å². The molecule has 52 heavy (non-hydrogen) atoms. The number of nitrogens with zero attached hydrogens (tertiary/aromatic N) is 3. The van der Waals surface area contributed by atoms with Gasteiger partial charge < -0.3 is 0 Å². The third-order valence-corrected chi connectivity index (χ3v) is 11.1. The zero-order valence-electron chi connectivity index (χ0n) is 29.4. The Bertz CT molecular complexity index is 2660. The molecule has 0 amide bonds. The molecule has 3 nitrogen and oxygen atoms in total. The van der Waals surface area contributed by atoms with Gasteiger partial charge in [0.1, 0.15) is 0 Å². The van der Waals surface area contributed by atoms with Crippen LogP contribution in [0.4, 0.5) is 0 Å². The van der Waals surface area contributed by atoms with Crippen LogP contribution in [0.25, 0.3) is 67.2 Å². The van der Waals surface area contributed by atoms with Gasteiger partial charge in [0.15, 0.2) is 5.82 Å². The Morgan fingerprint density at radius 2 is 1.00 bits per heavy atom. The van der Waals surface area contributed by atoms with E-state index in [-0.39, 0.29) is 0 Å². The van der Waals surface area contributed by atoms with E-state index in [4.69, 9.17) is 9.97 Å². The highest BCUT2D eigenvalue weighted by Crippen LogP contribution is 2.64. The van der Waals surface area contributed by atoms with Gasteiger partial charge in [-0.05, 0) is 117 Å². The summed E-state index contributed by atoms with van der Waals surface area (Å²) in [6.07, 6.45) is 3.92. The van der Waals surface area contributed by atoms with Crippen LogP contribution in [0.2, 0.25) is 0 Å². The van der Waals surface area contributed by atoms with Gasteiger partial charge in [0.25, 0.3) is 0 Å². The zero-order valence-corrected chi connectivity index (χ0v) is 29.4. The molecule has 10 rings (SSSR count). The van der Waals surface area contributed by atoms with Crippen LogP contribution >= 0.6 is 0 Å². The fraction of sp³-hybridized carbons (Fsp3) is 0.0816. The Morgan fingerprint density at radius 1 is 0.404 bits per heavy atom. The number of benzene rings is 6. The number of aromatic nitrogens is 3. The number of hydrogen-bond acceptors (Lipinski definition) is 3. The lowest BCUT2D eigenvalue weighted by molar-refractivity contribution is 0.794. The summed E-state index contributed by atoms with van der Waals surface area (Å²) in [5.41, 5.74) is 21.1. The molecule has 0 saturated carbocycles. The Morgan fingerprint density at radius 3 is 1.75 bits per heavy atom. The van der Waals surface area contributed by atoms with E-state index in [1.54, 1.807) is 0 Å². The first kappa shape index (κ1) is 30.4. The molecular weight excluding hydrogens is 631 g/mol. The van der Waals surface area contributed by atoms with Gasteiger partial charge in [-0.1, -0.05) is 127 Å². The maximum absolute atomic E-state index is 5.14. The average molecular weight is 666 g/mol. The monoisotopic (exact) mass is 665 g/mol. The van der Waals surface area contributed by atoms with Crippen molar-refractivity contribution in [1.29, 1.82) is 0 Å². The molecule has 2 aliphatic carbocycles. The van der Waals surface area contributed by atoms with Gasteiger partial charge in [0, 0.05) is 29.2 Å². The molecule has 2 aliphatic rings. The summed E-state index contributed by atoms with van der Waals surface area (Å²) >= 11 is 0. The van der Waals surface area contributed by atoms with Crippen molar-refractivity contribution >= 4 is 0 Å². The molecule has 0 saturated heterocycles. The summed E-state index contributed by atoms with van der Waals surface area (Å²) in [4.78, 5) is 14.6. The van der Waals surface area contributed by atoms with Crippen molar-refractivity contribution in [1.82, 2.24) is 15.0 Å². The highest BCUT2D eigenvalue weighted by atomic mass is 14.9. The molecule has 0 aliphatic heterocycles. The van der Waals surface area contributed by atoms with E-state index in [1.165, 1.54) is 77.9 Å². The van der Waals surface area contributed by atoms with E-state index in [2.05, 4.69) is 165 Å².